The predicted molar refractivity (Wildman–Crippen MR) is 87.7 cm³/mol. The number of benzene rings is 2. The third kappa shape index (κ3) is 2.46. The molecular weight excluding hydrogens is 292 g/mol. The number of aromatic amines is 1. The number of hydrogen-bond acceptors (Lipinski definition) is 4. The largest absolute Gasteiger partial charge is 0.339 e. The average Bonchev–Trinajstić information content (AvgIpc) is 3.08. The molecule has 0 amide bonds. The Labute approximate surface area is 131 Å². The number of nitrogens with zero attached hydrogens (tertiary/aromatic N) is 3. The summed E-state index contributed by atoms with van der Waals surface area (Å²) in [7, 11) is 0. The molecule has 0 aliphatic rings. The first-order valence-electron chi connectivity index (χ1n) is 6.89. The number of H-pyrrole nitrogens is 1. The third-order valence-corrected chi connectivity index (χ3v) is 4.15. The molecule has 106 valence electrons. The first kappa shape index (κ1) is 13.0. The summed E-state index contributed by atoms with van der Waals surface area (Å²) >= 11 is 1.49. The highest BCUT2D eigenvalue weighted by Gasteiger charge is 2.13. The van der Waals surface area contributed by atoms with Gasteiger partial charge in [0.25, 0.3) is 0 Å². The summed E-state index contributed by atoms with van der Waals surface area (Å²) in [6.45, 7) is 0. The van der Waals surface area contributed by atoms with Gasteiger partial charge in [0.15, 0.2) is 5.16 Å². The lowest BCUT2D eigenvalue weighted by molar-refractivity contribution is 1.04. The fraction of sp³-hybridized carbons (Fsp3) is 0. The maximum absolute atomic E-state index is 4.80. The average molecular weight is 304 g/mol. The van der Waals surface area contributed by atoms with E-state index in [1.54, 1.807) is 12.4 Å². The molecule has 0 unspecified atom stereocenters. The lowest BCUT2D eigenvalue weighted by Gasteiger charge is -2.08. The highest BCUT2D eigenvalue weighted by molar-refractivity contribution is 7.99. The smallest absolute Gasteiger partial charge is 0.171 e. The molecular formula is C17H12N4S. The topological polar surface area (TPSA) is 54.5 Å². The van der Waals surface area contributed by atoms with E-state index in [4.69, 9.17) is 9.97 Å². The lowest BCUT2D eigenvalue weighted by Crippen LogP contribution is -1.94. The van der Waals surface area contributed by atoms with Crippen LogP contribution in [-0.4, -0.2) is 19.9 Å². The number of fused-ring (bicyclic) bond motifs is 1. The summed E-state index contributed by atoms with van der Waals surface area (Å²) < 4.78 is 0. The SMILES string of the molecule is c1ccc(-c2nc3ccccc3nc2Sc2ncc[nH]2)cc1. The molecule has 2 heterocycles. The normalized spacial score (nSPS) is 10.9. The molecule has 0 saturated heterocycles. The van der Waals surface area contributed by atoms with Crippen LogP contribution in [0, 0.1) is 0 Å². The summed E-state index contributed by atoms with van der Waals surface area (Å²) in [4.78, 5) is 16.9. The summed E-state index contributed by atoms with van der Waals surface area (Å²) in [6.07, 6.45) is 3.54. The van der Waals surface area contributed by atoms with E-state index in [0.29, 0.717) is 0 Å². The number of rotatable bonds is 3. The molecule has 0 aliphatic heterocycles. The van der Waals surface area contributed by atoms with E-state index >= 15 is 0 Å². The van der Waals surface area contributed by atoms with Crippen molar-refractivity contribution < 1.29 is 0 Å². The highest BCUT2D eigenvalue weighted by atomic mass is 32.2. The van der Waals surface area contributed by atoms with Gasteiger partial charge in [-0.2, -0.15) is 0 Å². The van der Waals surface area contributed by atoms with Gasteiger partial charge in [-0.25, -0.2) is 15.0 Å². The van der Waals surface area contributed by atoms with Crippen LogP contribution in [0.4, 0.5) is 0 Å². The van der Waals surface area contributed by atoms with E-state index in [9.17, 15) is 0 Å². The Balaban J connectivity index is 1.91. The fourth-order valence-corrected chi connectivity index (χ4v) is 3.07. The molecule has 0 fully saturated rings. The summed E-state index contributed by atoms with van der Waals surface area (Å²) in [5.41, 5.74) is 3.71. The van der Waals surface area contributed by atoms with Gasteiger partial charge in [-0.3, -0.25) is 0 Å². The Morgan fingerprint density at radius 3 is 2.27 bits per heavy atom. The van der Waals surface area contributed by atoms with Crippen LogP contribution in [0.5, 0.6) is 0 Å². The number of aromatic nitrogens is 4. The highest BCUT2D eigenvalue weighted by Crippen LogP contribution is 2.33. The number of imidazole rings is 1. The number of hydrogen-bond donors (Lipinski definition) is 1. The van der Waals surface area contributed by atoms with Gasteiger partial charge in [0.05, 0.1) is 11.0 Å². The monoisotopic (exact) mass is 304 g/mol. The second-order valence-electron chi connectivity index (χ2n) is 4.73. The van der Waals surface area contributed by atoms with Crippen LogP contribution < -0.4 is 0 Å². The molecule has 0 atom stereocenters. The van der Waals surface area contributed by atoms with Gasteiger partial charge in [-0.05, 0) is 23.9 Å². The summed E-state index contributed by atoms with van der Waals surface area (Å²) in [6, 6.07) is 18.0. The first-order valence-corrected chi connectivity index (χ1v) is 7.71. The Morgan fingerprint density at radius 2 is 1.55 bits per heavy atom. The van der Waals surface area contributed by atoms with Crippen molar-refractivity contribution in [3.63, 3.8) is 0 Å². The first-order chi connectivity index (χ1) is 10.9. The van der Waals surface area contributed by atoms with Crippen molar-refractivity contribution in [3.05, 3.63) is 67.0 Å². The van der Waals surface area contributed by atoms with E-state index in [2.05, 4.69) is 9.97 Å². The molecule has 1 N–H and O–H groups in total. The molecule has 0 aliphatic carbocycles. The quantitative estimate of drug-likeness (QED) is 0.617. The van der Waals surface area contributed by atoms with Crippen LogP contribution >= 0.6 is 11.8 Å². The van der Waals surface area contributed by atoms with Crippen LogP contribution in [0.2, 0.25) is 0 Å². The summed E-state index contributed by atoms with van der Waals surface area (Å²) in [5.74, 6) is 0. The van der Waals surface area contributed by atoms with Crippen LogP contribution in [0.3, 0.4) is 0 Å². The molecule has 0 bridgehead atoms. The molecule has 0 spiro atoms. The van der Waals surface area contributed by atoms with E-state index in [1.165, 1.54) is 11.8 Å². The molecule has 4 rings (SSSR count). The van der Waals surface area contributed by atoms with Gasteiger partial charge in [0, 0.05) is 18.0 Å². The minimum absolute atomic E-state index is 0.807. The zero-order chi connectivity index (χ0) is 14.8. The van der Waals surface area contributed by atoms with Gasteiger partial charge in [-0.1, -0.05) is 42.5 Å². The molecule has 0 radical (unpaired) electrons. The van der Waals surface area contributed by atoms with E-state index in [0.717, 1.165) is 32.5 Å². The predicted octanol–water partition coefficient (Wildman–Crippen LogP) is 4.17. The number of para-hydroxylation sites is 2. The molecule has 4 aromatic rings. The maximum Gasteiger partial charge on any atom is 0.171 e. The Bertz CT molecular complexity index is 905. The van der Waals surface area contributed by atoms with Crippen molar-refractivity contribution in [2.75, 3.05) is 0 Å². The minimum atomic E-state index is 0.807. The Kier molecular flexibility index (Phi) is 3.33. The van der Waals surface area contributed by atoms with Gasteiger partial charge >= 0.3 is 0 Å². The van der Waals surface area contributed by atoms with Gasteiger partial charge in [0.1, 0.15) is 10.7 Å². The van der Waals surface area contributed by atoms with Gasteiger partial charge in [0.2, 0.25) is 0 Å². The summed E-state index contributed by atoms with van der Waals surface area (Å²) in [5, 5.41) is 1.65. The van der Waals surface area contributed by atoms with Crippen LogP contribution in [-0.2, 0) is 0 Å². The number of nitrogens with one attached hydrogen (secondary N) is 1. The van der Waals surface area contributed by atoms with Crippen molar-refractivity contribution in [1.82, 2.24) is 19.9 Å². The van der Waals surface area contributed by atoms with Crippen molar-refractivity contribution in [3.8, 4) is 11.3 Å². The maximum atomic E-state index is 4.80. The van der Waals surface area contributed by atoms with Crippen LogP contribution in [0.25, 0.3) is 22.3 Å². The van der Waals surface area contributed by atoms with Crippen LogP contribution in [0.15, 0.2) is 77.2 Å². The Hall–Kier alpha value is -2.66. The second-order valence-corrected chi connectivity index (χ2v) is 5.71. The Morgan fingerprint density at radius 1 is 0.818 bits per heavy atom. The van der Waals surface area contributed by atoms with Crippen molar-refractivity contribution >= 4 is 22.8 Å². The standard InChI is InChI=1S/C17H12N4S/c1-2-6-12(7-3-1)15-16(22-17-18-10-11-19-17)21-14-9-5-4-8-13(14)20-15/h1-11H,(H,18,19). The van der Waals surface area contributed by atoms with Gasteiger partial charge in [-0.15, -0.1) is 0 Å². The minimum Gasteiger partial charge on any atom is -0.339 e. The molecule has 4 nitrogen and oxygen atoms in total. The lowest BCUT2D eigenvalue weighted by atomic mass is 10.1. The molecule has 2 aromatic carbocycles. The van der Waals surface area contributed by atoms with Gasteiger partial charge < -0.3 is 4.98 Å². The third-order valence-electron chi connectivity index (χ3n) is 3.25. The van der Waals surface area contributed by atoms with E-state index in [-0.39, 0.29) is 0 Å². The molecule has 0 saturated carbocycles. The zero-order valence-electron chi connectivity index (χ0n) is 11.6. The van der Waals surface area contributed by atoms with E-state index in [1.807, 2.05) is 54.6 Å². The molecule has 2 aromatic heterocycles. The van der Waals surface area contributed by atoms with Crippen LogP contribution in [0.1, 0.15) is 0 Å². The van der Waals surface area contributed by atoms with Crippen molar-refractivity contribution in [2.45, 2.75) is 10.2 Å². The molecule has 5 heteroatoms. The zero-order valence-corrected chi connectivity index (χ0v) is 12.4. The molecule has 22 heavy (non-hydrogen) atoms. The van der Waals surface area contributed by atoms with Crippen molar-refractivity contribution in [1.29, 1.82) is 0 Å². The van der Waals surface area contributed by atoms with Crippen molar-refractivity contribution in [2.24, 2.45) is 0 Å². The fourth-order valence-electron chi connectivity index (χ4n) is 2.24. The second kappa shape index (κ2) is 5.61. The van der Waals surface area contributed by atoms with E-state index < -0.39 is 0 Å².